The fourth-order valence-electron chi connectivity index (χ4n) is 2.61. The third-order valence-corrected chi connectivity index (χ3v) is 3.94. The third-order valence-electron chi connectivity index (χ3n) is 3.94. The summed E-state index contributed by atoms with van der Waals surface area (Å²) in [5, 5.41) is 13.7. The number of carbonyl (C=O) groups is 1. The molecule has 2 aromatic rings. The Hall–Kier alpha value is -3.09. The molecular weight excluding hydrogens is 324 g/mol. The molecular formula is C18H18N2O5. The lowest BCUT2D eigenvalue weighted by atomic mass is 10.1. The summed E-state index contributed by atoms with van der Waals surface area (Å²) in [7, 11) is 0. The zero-order chi connectivity index (χ0) is 17.8. The number of anilines is 1. The van der Waals surface area contributed by atoms with Crippen LogP contribution in [-0.4, -0.2) is 24.0 Å². The molecule has 0 saturated heterocycles. The van der Waals surface area contributed by atoms with Gasteiger partial charge in [-0.05, 0) is 37.1 Å². The topological polar surface area (TPSA) is 90.7 Å². The summed E-state index contributed by atoms with van der Waals surface area (Å²) < 4.78 is 11.0. The van der Waals surface area contributed by atoms with Gasteiger partial charge in [0.15, 0.2) is 11.5 Å². The maximum absolute atomic E-state index is 12.1. The van der Waals surface area contributed by atoms with Crippen molar-refractivity contribution in [3.05, 3.63) is 57.6 Å². The summed E-state index contributed by atoms with van der Waals surface area (Å²) in [6.45, 7) is 2.71. The fourth-order valence-corrected chi connectivity index (χ4v) is 2.61. The van der Waals surface area contributed by atoms with Crippen molar-refractivity contribution in [1.29, 1.82) is 0 Å². The molecule has 25 heavy (non-hydrogen) atoms. The van der Waals surface area contributed by atoms with E-state index in [0.29, 0.717) is 42.4 Å². The van der Waals surface area contributed by atoms with E-state index in [1.807, 2.05) is 18.2 Å². The second-order valence-electron chi connectivity index (χ2n) is 5.78. The molecule has 0 atom stereocenters. The van der Waals surface area contributed by atoms with E-state index in [1.165, 1.54) is 6.07 Å². The van der Waals surface area contributed by atoms with E-state index in [0.717, 1.165) is 5.56 Å². The van der Waals surface area contributed by atoms with Crippen LogP contribution in [-0.2, 0) is 11.2 Å². The summed E-state index contributed by atoms with van der Waals surface area (Å²) in [5.41, 5.74) is 1.93. The van der Waals surface area contributed by atoms with Gasteiger partial charge in [0.1, 0.15) is 13.2 Å². The smallest absolute Gasteiger partial charge is 0.274 e. The molecule has 0 aliphatic carbocycles. The van der Waals surface area contributed by atoms with Gasteiger partial charge < -0.3 is 14.8 Å². The number of rotatable bonds is 5. The van der Waals surface area contributed by atoms with Gasteiger partial charge in [0.25, 0.3) is 5.69 Å². The normalized spacial score (nSPS) is 12.5. The van der Waals surface area contributed by atoms with Crippen LogP contribution in [0.25, 0.3) is 0 Å². The van der Waals surface area contributed by atoms with Crippen molar-refractivity contribution in [1.82, 2.24) is 0 Å². The van der Waals surface area contributed by atoms with Crippen LogP contribution in [0.2, 0.25) is 0 Å². The molecule has 0 aromatic heterocycles. The molecule has 0 bridgehead atoms. The van der Waals surface area contributed by atoms with E-state index in [2.05, 4.69) is 5.32 Å². The first kappa shape index (κ1) is 16.8. The lowest BCUT2D eigenvalue weighted by Crippen LogP contribution is -2.16. The molecule has 0 saturated carbocycles. The SMILES string of the molecule is Cc1ccc(NC(=O)CCc2ccc3c(c2)OCCO3)cc1[N+](=O)[O-]. The van der Waals surface area contributed by atoms with Crippen LogP contribution in [0.3, 0.4) is 0 Å². The van der Waals surface area contributed by atoms with Crippen molar-refractivity contribution in [3.63, 3.8) is 0 Å². The summed E-state index contributed by atoms with van der Waals surface area (Å²) in [4.78, 5) is 22.6. The first-order chi connectivity index (χ1) is 12.0. The second kappa shape index (κ2) is 7.21. The van der Waals surface area contributed by atoms with Crippen molar-refractivity contribution in [2.75, 3.05) is 18.5 Å². The Morgan fingerprint density at radius 3 is 2.68 bits per heavy atom. The van der Waals surface area contributed by atoms with Crippen LogP contribution in [0.4, 0.5) is 11.4 Å². The quantitative estimate of drug-likeness (QED) is 0.665. The molecule has 0 fully saturated rings. The number of aryl methyl sites for hydroxylation is 2. The van der Waals surface area contributed by atoms with Crippen LogP contribution < -0.4 is 14.8 Å². The number of nitrogens with zero attached hydrogens (tertiary/aromatic N) is 1. The lowest BCUT2D eigenvalue weighted by molar-refractivity contribution is -0.385. The molecule has 0 spiro atoms. The number of amides is 1. The largest absolute Gasteiger partial charge is 0.486 e. The van der Waals surface area contributed by atoms with Gasteiger partial charge in [0, 0.05) is 23.7 Å². The fraction of sp³-hybridized carbons (Fsp3) is 0.278. The summed E-state index contributed by atoms with van der Waals surface area (Å²) in [6, 6.07) is 10.3. The van der Waals surface area contributed by atoms with Crippen molar-refractivity contribution in [2.45, 2.75) is 19.8 Å². The van der Waals surface area contributed by atoms with Crippen LogP contribution in [0.15, 0.2) is 36.4 Å². The zero-order valence-electron chi connectivity index (χ0n) is 13.8. The zero-order valence-corrected chi connectivity index (χ0v) is 13.8. The number of carbonyl (C=O) groups excluding carboxylic acids is 1. The van der Waals surface area contributed by atoms with E-state index in [9.17, 15) is 14.9 Å². The molecule has 7 heteroatoms. The molecule has 1 aliphatic heterocycles. The van der Waals surface area contributed by atoms with Gasteiger partial charge in [0.05, 0.1) is 4.92 Å². The number of ether oxygens (including phenoxy) is 2. The molecule has 7 nitrogen and oxygen atoms in total. The van der Waals surface area contributed by atoms with Crippen molar-refractivity contribution in [2.24, 2.45) is 0 Å². The Morgan fingerprint density at radius 1 is 1.16 bits per heavy atom. The minimum Gasteiger partial charge on any atom is -0.486 e. The van der Waals surface area contributed by atoms with Gasteiger partial charge in [0.2, 0.25) is 5.91 Å². The molecule has 3 rings (SSSR count). The highest BCUT2D eigenvalue weighted by Crippen LogP contribution is 2.31. The van der Waals surface area contributed by atoms with Crippen LogP contribution in [0.5, 0.6) is 11.5 Å². The standard InChI is InChI=1S/C18H18N2O5/c1-12-2-5-14(11-15(12)20(22)23)19-18(21)7-4-13-3-6-16-17(10-13)25-9-8-24-16/h2-3,5-6,10-11H,4,7-9H2,1H3,(H,19,21). The number of fused-ring (bicyclic) bond motifs is 1. The van der Waals surface area contributed by atoms with Gasteiger partial charge in [-0.1, -0.05) is 12.1 Å². The Morgan fingerprint density at radius 2 is 1.92 bits per heavy atom. The Labute approximate surface area is 144 Å². The number of hydrogen-bond donors (Lipinski definition) is 1. The van der Waals surface area contributed by atoms with E-state index in [-0.39, 0.29) is 18.0 Å². The Bertz CT molecular complexity index is 819. The first-order valence-electron chi connectivity index (χ1n) is 7.96. The predicted octanol–water partition coefficient (Wildman–Crippen LogP) is 3.25. The Kier molecular flexibility index (Phi) is 4.83. The Balaban J connectivity index is 1.60. The van der Waals surface area contributed by atoms with E-state index < -0.39 is 4.92 Å². The van der Waals surface area contributed by atoms with Crippen molar-refractivity contribution in [3.8, 4) is 11.5 Å². The lowest BCUT2D eigenvalue weighted by Gasteiger charge is -2.18. The average Bonchev–Trinajstić information content (AvgIpc) is 2.61. The molecule has 0 radical (unpaired) electrons. The highest BCUT2D eigenvalue weighted by molar-refractivity contribution is 5.91. The first-order valence-corrected chi connectivity index (χ1v) is 7.96. The maximum atomic E-state index is 12.1. The second-order valence-corrected chi connectivity index (χ2v) is 5.78. The van der Waals surface area contributed by atoms with Crippen molar-refractivity contribution < 1.29 is 19.2 Å². The summed E-state index contributed by atoms with van der Waals surface area (Å²) in [6.07, 6.45) is 0.803. The minimum atomic E-state index is -0.458. The molecule has 1 amide bonds. The number of nitro benzene ring substituents is 1. The number of nitro groups is 1. The molecule has 1 aliphatic rings. The average molecular weight is 342 g/mol. The van der Waals surface area contributed by atoms with Gasteiger partial charge in [-0.2, -0.15) is 0 Å². The van der Waals surface area contributed by atoms with Crippen molar-refractivity contribution >= 4 is 17.3 Å². The molecule has 1 heterocycles. The van der Waals surface area contributed by atoms with Gasteiger partial charge in [-0.15, -0.1) is 0 Å². The van der Waals surface area contributed by atoms with Crippen LogP contribution in [0, 0.1) is 17.0 Å². The monoisotopic (exact) mass is 342 g/mol. The molecule has 2 aromatic carbocycles. The predicted molar refractivity (Wildman–Crippen MR) is 92.2 cm³/mol. The highest BCUT2D eigenvalue weighted by atomic mass is 16.6. The van der Waals surface area contributed by atoms with E-state index in [1.54, 1.807) is 19.1 Å². The number of hydrogen-bond acceptors (Lipinski definition) is 5. The van der Waals surface area contributed by atoms with E-state index >= 15 is 0 Å². The number of benzene rings is 2. The molecule has 0 unspecified atom stereocenters. The highest BCUT2D eigenvalue weighted by Gasteiger charge is 2.14. The van der Waals surface area contributed by atoms with Gasteiger partial charge in [-0.25, -0.2) is 0 Å². The molecule has 130 valence electrons. The summed E-state index contributed by atoms with van der Waals surface area (Å²) >= 11 is 0. The van der Waals surface area contributed by atoms with Gasteiger partial charge in [-0.3, -0.25) is 14.9 Å². The van der Waals surface area contributed by atoms with E-state index in [4.69, 9.17) is 9.47 Å². The number of nitrogens with one attached hydrogen (secondary N) is 1. The minimum absolute atomic E-state index is 0.00960. The van der Waals surface area contributed by atoms with Crippen LogP contribution >= 0.6 is 0 Å². The third kappa shape index (κ3) is 4.06. The van der Waals surface area contributed by atoms with Gasteiger partial charge >= 0.3 is 0 Å². The van der Waals surface area contributed by atoms with Crippen LogP contribution in [0.1, 0.15) is 17.5 Å². The summed E-state index contributed by atoms with van der Waals surface area (Å²) in [5.74, 6) is 1.21. The maximum Gasteiger partial charge on any atom is 0.274 e. The molecule has 1 N–H and O–H groups in total.